The second-order valence-electron chi connectivity index (χ2n) is 19.6. The number of carboxylic acid groups (broad SMARTS) is 1. The number of aromatic nitrogens is 4. The number of likely N-dealkylation sites (N-methyl/N-ethyl adjacent to an activating group) is 1. The number of piperidine rings is 1. The Labute approximate surface area is 444 Å². The number of hydrogen-bond acceptors (Lipinski definition) is 14. The molecule has 2 aliphatic heterocycles. The number of carbonyl (C=O) groups is 5. The van der Waals surface area contributed by atoms with Gasteiger partial charge in [-0.1, -0.05) is 79.0 Å². The van der Waals surface area contributed by atoms with Crippen molar-refractivity contribution in [3.05, 3.63) is 122 Å². The number of hydrogen-bond donors (Lipinski definition) is 3. The fourth-order valence-electron chi connectivity index (χ4n) is 10.2. The van der Waals surface area contributed by atoms with Gasteiger partial charge in [0.2, 0.25) is 23.4 Å². The van der Waals surface area contributed by atoms with Gasteiger partial charge in [-0.05, 0) is 88.7 Å². The molecule has 0 bridgehead atoms. The highest BCUT2D eigenvalue weighted by atomic mass is 32.1. The van der Waals surface area contributed by atoms with Gasteiger partial charge in [-0.25, -0.2) is 14.8 Å². The third-order valence-electron chi connectivity index (χ3n) is 14.8. The lowest BCUT2D eigenvalue weighted by molar-refractivity contribution is -0.159. The van der Waals surface area contributed by atoms with Crippen molar-refractivity contribution in [1.29, 1.82) is 0 Å². The first-order valence-electron chi connectivity index (χ1n) is 25.4. The Bertz CT molecular complexity index is 3030. The van der Waals surface area contributed by atoms with E-state index in [4.69, 9.17) is 14.7 Å². The van der Waals surface area contributed by atoms with Crippen LogP contribution in [0.2, 0.25) is 0 Å². The SMILES string of the molecule is CC(C(=O)N[C@H](C(=O)N1CCCC1c1nc(C(=O)c2cccc(OCCN3CCC(CNC(=O)c4cccc(-c5noc(C(F)(F)F)n5)c4)(c4nc(-c5ccccc5)cs4)CC3)c2)cs1)C1CCCCC1)N(C)C(=O)O. The fraction of sp³-hybridized carbons (Fsp3) is 0.426. The maximum absolute atomic E-state index is 14.4. The molecule has 76 heavy (non-hydrogen) atoms. The molecule has 2 unspecified atom stereocenters. The number of rotatable bonds is 18. The van der Waals surface area contributed by atoms with Crippen LogP contribution in [0.15, 0.2) is 94.1 Å². The molecule has 3 aliphatic rings. The van der Waals surface area contributed by atoms with Crippen molar-refractivity contribution in [1.82, 2.24) is 45.4 Å². The number of likely N-dealkylation sites (tertiary alicyclic amines) is 2. The van der Waals surface area contributed by atoms with E-state index in [1.54, 1.807) is 46.7 Å². The minimum Gasteiger partial charge on any atom is -0.492 e. The highest BCUT2D eigenvalue weighted by molar-refractivity contribution is 7.10. The lowest BCUT2D eigenvalue weighted by atomic mass is 9.78. The van der Waals surface area contributed by atoms with E-state index in [0.29, 0.717) is 68.4 Å². The molecule has 3 aromatic carbocycles. The number of nitrogens with zero attached hydrogens (tertiary/aromatic N) is 7. The van der Waals surface area contributed by atoms with Crippen molar-refractivity contribution in [3.63, 3.8) is 0 Å². The van der Waals surface area contributed by atoms with Crippen LogP contribution < -0.4 is 15.4 Å². The summed E-state index contributed by atoms with van der Waals surface area (Å²) in [6.45, 7) is 4.49. The van der Waals surface area contributed by atoms with Gasteiger partial charge in [0.1, 0.15) is 40.1 Å². The molecule has 400 valence electrons. The zero-order chi connectivity index (χ0) is 53.6. The van der Waals surface area contributed by atoms with Gasteiger partial charge < -0.3 is 29.9 Å². The topological polar surface area (TPSA) is 213 Å². The lowest BCUT2D eigenvalue weighted by Gasteiger charge is -2.40. The van der Waals surface area contributed by atoms with Crippen molar-refractivity contribution in [2.75, 3.05) is 46.4 Å². The molecule has 1 saturated carbocycles. The quantitative estimate of drug-likeness (QED) is 0.0686. The van der Waals surface area contributed by atoms with E-state index in [0.717, 1.165) is 59.7 Å². The standard InChI is InChI=1S/C54H58F3N9O8S2/c1-33(64(2)52(71)72)46(68)61-43(35-14-7-4-8-15-35)49(70)66-23-11-20-42(66)48-59-41(31-75-48)44(67)36-16-10-19-39(29-36)73-27-26-65-24-21-53(22-25-65,51-60-40(30-76-51)34-12-5-3-6-13-34)32-58-47(69)38-18-9-17-37(28-38)45-62-50(74-63-45)54(55,56)57/h3,5-6,9-10,12-13,16-19,28-31,33,35,42-43H,4,7-8,11,14-15,20-27,32H2,1-2H3,(H,58,69)(H,61,68)(H,71,72)/t33?,42?,43-/m0/s1. The first kappa shape index (κ1) is 53.8. The molecule has 3 aromatic heterocycles. The third kappa shape index (κ3) is 12.3. The Kier molecular flexibility index (Phi) is 16.6. The smallest absolute Gasteiger partial charge is 0.471 e. The number of alkyl halides is 3. The number of carbonyl (C=O) groups excluding carboxylic acids is 4. The van der Waals surface area contributed by atoms with Gasteiger partial charge in [0.15, 0.2) is 0 Å². The summed E-state index contributed by atoms with van der Waals surface area (Å²) in [7, 11) is 1.33. The second kappa shape index (κ2) is 23.5. The predicted molar refractivity (Wildman–Crippen MR) is 277 cm³/mol. The van der Waals surface area contributed by atoms with Crippen LogP contribution in [0.25, 0.3) is 22.6 Å². The molecule has 3 fully saturated rings. The van der Waals surface area contributed by atoms with Crippen molar-refractivity contribution in [2.24, 2.45) is 5.92 Å². The van der Waals surface area contributed by atoms with Gasteiger partial charge >= 0.3 is 18.2 Å². The molecule has 5 heterocycles. The molecule has 6 aromatic rings. The summed E-state index contributed by atoms with van der Waals surface area (Å²) in [6.07, 6.45) is 1.14. The van der Waals surface area contributed by atoms with Crippen LogP contribution in [0.3, 0.4) is 0 Å². The summed E-state index contributed by atoms with van der Waals surface area (Å²) >= 11 is 2.86. The molecular formula is C54H58F3N9O8S2. The van der Waals surface area contributed by atoms with E-state index in [9.17, 15) is 42.3 Å². The Balaban J connectivity index is 0.816. The lowest BCUT2D eigenvalue weighted by Crippen LogP contribution is -2.56. The highest BCUT2D eigenvalue weighted by Crippen LogP contribution is 2.40. The van der Waals surface area contributed by atoms with Gasteiger partial charge in [-0.15, -0.1) is 22.7 Å². The molecule has 0 spiro atoms. The van der Waals surface area contributed by atoms with Crippen LogP contribution in [0.5, 0.6) is 5.75 Å². The summed E-state index contributed by atoms with van der Waals surface area (Å²) in [5.74, 6) is -2.77. The molecule has 3 atom stereocenters. The molecule has 9 rings (SSSR count). The average Bonchev–Trinajstić information content (AvgIpc) is 4.30. The van der Waals surface area contributed by atoms with Crippen LogP contribution in [0.4, 0.5) is 18.0 Å². The number of halogens is 3. The van der Waals surface area contributed by atoms with Crippen LogP contribution in [0, 0.1) is 5.92 Å². The summed E-state index contributed by atoms with van der Waals surface area (Å²) in [4.78, 5) is 85.3. The largest absolute Gasteiger partial charge is 0.492 e. The van der Waals surface area contributed by atoms with E-state index < -0.39 is 47.5 Å². The molecule has 0 radical (unpaired) electrons. The molecular weight excluding hydrogens is 1020 g/mol. The normalized spacial score (nSPS) is 17.9. The maximum atomic E-state index is 14.4. The van der Waals surface area contributed by atoms with Crippen molar-refractivity contribution < 1.29 is 51.5 Å². The van der Waals surface area contributed by atoms with Crippen LogP contribution in [-0.2, 0) is 21.2 Å². The fourth-order valence-corrected chi connectivity index (χ4v) is 12.2. The van der Waals surface area contributed by atoms with Gasteiger partial charge in [-0.3, -0.25) is 29.0 Å². The summed E-state index contributed by atoms with van der Waals surface area (Å²) in [5.41, 5.74) is 2.35. The molecule has 4 amide bonds. The number of thiazole rings is 2. The van der Waals surface area contributed by atoms with Crippen molar-refractivity contribution in [2.45, 2.75) is 94.4 Å². The minimum absolute atomic E-state index is 0.0806. The van der Waals surface area contributed by atoms with Crippen LogP contribution in [-0.4, -0.2) is 128 Å². The first-order chi connectivity index (χ1) is 36.6. The molecule has 17 nitrogen and oxygen atoms in total. The Morgan fingerprint density at radius 3 is 2.34 bits per heavy atom. The van der Waals surface area contributed by atoms with Gasteiger partial charge in [0.05, 0.1) is 11.7 Å². The molecule has 22 heteroatoms. The summed E-state index contributed by atoms with van der Waals surface area (Å²) < 4.78 is 50.1. The third-order valence-corrected chi connectivity index (χ3v) is 16.8. The van der Waals surface area contributed by atoms with Crippen molar-refractivity contribution >= 4 is 52.3 Å². The van der Waals surface area contributed by atoms with Crippen LogP contribution >= 0.6 is 22.7 Å². The first-order valence-corrected chi connectivity index (χ1v) is 27.2. The monoisotopic (exact) mass is 1080 g/mol. The van der Waals surface area contributed by atoms with E-state index in [2.05, 4.69) is 30.2 Å². The number of ether oxygens (including phenoxy) is 1. The van der Waals surface area contributed by atoms with Gasteiger partial charge in [0.25, 0.3) is 5.91 Å². The maximum Gasteiger partial charge on any atom is 0.471 e. The minimum atomic E-state index is -4.81. The highest BCUT2D eigenvalue weighted by Gasteiger charge is 2.43. The Hall–Kier alpha value is -7.04. The van der Waals surface area contributed by atoms with E-state index in [-0.39, 0.29) is 52.8 Å². The Morgan fingerprint density at radius 1 is 0.868 bits per heavy atom. The predicted octanol–water partition coefficient (Wildman–Crippen LogP) is 9.14. The number of ketones is 1. The molecule has 3 N–H and O–H groups in total. The van der Waals surface area contributed by atoms with Gasteiger partial charge in [0, 0.05) is 65.1 Å². The average molecular weight is 1080 g/mol. The second-order valence-corrected chi connectivity index (χ2v) is 21.4. The zero-order valence-corrected chi connectivity index (χ0v) is 43.6. The van der Waals surface area contributed by atoms with Crippen LogP contribution in [0.1, 0.15) is 113 Å². The summed E-state index contributed by atoms with van der Waals surface area (Å²) in [5, 5.41) is 24.2. The number of nitrogens with one attached hydrogen (secondary N) is 2. The molecule has 1 aliphatic carbocycles. The molecule has 2 saturated heterocycles. The summed E-state index contributed by atoms with van der Waals surface area (Å²) in [6, 6.07) is 20.7. The number of benzene rings is 3. The number of amides is 4. The van der Waals surface area contributed by atoms with E-state index >= 15 is 0 Å². The zero-order valence-electron chi connectivity index (χ0n) is 42.0. The van der Waals surface area contributed by atoms with E-state index in [1.807, 2.05) is 35.7 Å². The van der Waals surface area contributed by atoms with E-state index in [1.165, 1.54) is 48.8 Å². The Morgan fingerprint density at radius 2 is 1.61 bits per heavy atom. The van der Waals surface area contributed by atoms with Gasteiger partial charge in [-0.2, -0.15) is 18.2 Å². The van der Waals surface area contributed by atoms with Crippen molar-refractivity contribution in [3.8, 4) is 28.4 Å².